The summed E-state index contributed by atoms with van der Waals surface area (Å²) in [5, 5.41) is 2.77. The van der Waals surface area contributed by atoms with Crippen LogP contribution in [0.25, 0.3) is 0 Å². The highest BCUT2D eigenvalue weighted by molar-refractivity contribution is 6.01. The summed E-state index contributed by atoms with van der Waals surface area (Å²) in [6.45, 7) is 2.92. The molecule has 0 aromatic heterocycles. The number of anilines is 1. The van der Waals surface area contributed by atoms with Crippen LogP contribution in [0.3, 0.4) is 0 Å². The van der Waals surface area contributed by atoms with Crippen LogP contribution >= 0.6 is 0 Å². The summed E-state index contributed by atoms with van der Waals surface area (Å²) in [7, 11) is 1.83. The average molecular weight is 260 g/mol. The summed E-state index contributed by atoms with van der Waals surface area (Å²) in [4.78, 5) is 25.3. The first-order valence-corrected chi connectivity index (χ1v) is 6.80. The van der Waals surface area contributed by atoms with Crippen molar-refractivity contribution in [1.29, 1.82) is 0 Å². The van der Waals surface area contributed by atoms with Crippen molar-refractivity contribution in [2.24, 2.45) is 0 Å². The van der Waals surface area contributed by atoms with Crippen LogP contribution in [0.15, 0.2) is 18.2 Å². The second-order valence-corrected chi connectivity index (χ2v) is 5.03. The molecule has 0 saturated carbocycles. The number of carbonyl (C=O) groups excluding carboxylic acids is 2. The van der Waals surface area contributed by atoms with Crippen molar-refractivity contribution in [2.75, 3.05) is 18.9 Å². The first-order chi connectivity index (χ1) is 9.11. The number of nitrogens with zero attached hydrogens (tertiary/aromatic N) is 1. The third-order valence-electron chi connectivity index (χ3n) is 3.42. The quantitative estimate of drug-likeness (QED) is 0.827. The summed E-state index contributed by atoms with van der Waals surface area (Å²) < 4.78 is 0. The lowest BCUT2D eigenvalue weighted by atomic mass is 10.1. The van der Waals surface area contributed by atoms with Crippen LogP contribution in [0.2, 0.25) is 0 Å². The van der Waals surface area contributed by atoms with E-state index in [1.165, 1.54) is 0 Å². The maximum Gasteiger partial charge on any atom is 0.253 e. The largest absolute Gasteiger partial charge is 0.342 e. The maximum atomic E-state index is 12.2. The molecule has 4 heteroatoms. The fourth-order valence-corrected chi connectivity index (χ4v) is 2.28. The summed E-state index contributed by atoms with van der Waals surface area (Å²) in [6, 6.07) is 5.42. The van der Waals surface area contributed by atoms with Gasteiger partial charge in [0.15, 0.2) is 0 Å². The van der Waals surface area contributed by atoms with Crippen LogP contribution in [-0.2, 0) is 11.2 Å². The van der Waals surface area contributed by atoms with E-state index in [0.29, 0.717) is 12.0 Å². The summed E-state index contributed by atoms with van der Waals surface area (Å²) in [5.41, 5.74) is 2.40. The Labute approximate surface area is 113 Å². The molecule has 0 fully saturated rings. The molecule has 102 valence electrons. The number of unbranched alkanes of at least 4 members (excludes halogenated alkanes) is 2. The van der Waals surface area contributed by atoms with Gasteiger partial charge >= 0.3 is 0 Å². The van der Waals surface area contributed by atoms with Gasteiger partial charge in [-0.05, 0) is 30.2 Å². The van der Waals surface area contributed by atoms with E-state index in [1.54, 1.807) is 11.0 Å². The molecule has 2 amide bonds. The van der Waals surface area contributed by atoms with Crippen molar-refractivity contribution in [3.05, 3.63) is 29.3 Å². The van der Waals surface area contributed by atoms with Crippen LogP contribution < -0.4 is 5.32 Å². The lowest BCUT2D eigenvalue weighted by molar-refractivity contribution is -0.115. The molecule has 19 heavy (non-hydrogen) atoms. The zero-order valence-corrected chi connectivity index (χ0v) is 11.5. The van der Waals surface area contributed by atoms with Crippen molar-refractivity contribution in [3.8, 4) is 0 Å². The Balaban J connectivity index is 2.04. The highest BCUT2D eigenvalue weighted by Crippen LogP contribution is 2.24. The molecule has 0 atom stereocenters. The van der Waals surface area contributed by atoms with Gasteiger partial charge in [-0.3, -0.25) is 9.59 Å². The Kier molecular flexibility index (Phi) is 4.20. The van der Waals surface area contributed by atoms with Gasteiger partial charge in [0.05, 0.1) is 6.42 Å². The maximum absolute atomic E-state index is 12.2. The Bertz CT molecular complexity index is 497. The third-order valence-corrected chi connectivity index (χ3v) is 3.42. The minimum Gasteiger partial charge on any atom is -0.342 e. The Morgan fingerprint density at radius 3 is 2.89 bits per heavy atom. The van der Waals surface area contributed by atoms with Gasteiger partial charge in [0.1, 0.15) is 0 Å². The van der Waals surface area contributed by atoms with Gasteiger partial charge in [0, 0.05) is 24.8 Å². The molecule has 1 aromatic rings. The third kappa shape index (κ3) is 3.13. The predicted molar refractivity (Wildman–Crippen MR) is 75.3 cm³/mol. The molecule has 0 spiro atoms. The molecule has 0 bridgehead atoms. The van der Waals surface area contributed by atoms with Gasteiger partial charge in [-0.15, -0.1) is 0 Å². The lowest BCUT2D eigenvalue weighted by Crippen LogP contribution is -2.27. The number of amides is 2. The second kappa shape index (κ2) is 5.87. The number of benzene rings is 1. The molecule has 1 aliphatic heterocycles. The fourth-order valence-electron chi connectivity index (χ4n) is 2.28. The Morgan fingerprint density at radius 1 is 1.37 bits per heavy atom. The summed E-state index contributed by atoms with van der Waals surface area (Å²) >= 11 is 0. The molecule has 0 radical (unpaired) electrons. The molecule has 1 aliphatic rings. The lowest BCUT2D eigenvalue weighted by Gasteiger charge is -2.17. The highest BCUT2D eigenvalue weighted by Gasteiger charge is 2.20. The first kappa shape index (κ1) is 13.6. The standard InChI is InChI=1S/C15H20N2O2/c1-3-4-5-8-17(2)15(19)11-6-7-13-12(9-11)10-14(18)16-13/h6-7,9H,3-5,8,10H2,1-2H3,(H,16,18). The zero-order chi connectivity index (χ0) is 13.8. The van der Waals surface area contributed by atoms with Crippen molar-refractivity contribution in [2.45, 2.75) is 32.6 Å². The Morgan fingerprint density at radius 2 is 2.16 bits per heavy atom. The van der Waals surface area contributed by atoms with Crippen LogP contribution in [0.1, 0.15) is 42.1 Å². The minimum absolute atomic E-state index is 0.00380. The van der Waals surface area contributed by atoms with E-state index < -0.39 is 0 Å². The van der Waals surface area contributed by atoms with Gasteiger partial charge in [0.25, 0.3) is 5.91 Å². The number of fused-ring (bicyclic) bond motifs is 1. The highest BCUT2D eigenvalue weighted by atomic mass is 16.2. The summed E-state index contributed by atoms with van der Waals surface area (Å²) in [5.74, 6) is 0.0224. The second-order valence-electron chi connectivity index (χ2n) is 5.03. The molecule has 1 heterocycles. The van der Waals surface area contributed by atoms with Crippen LogP contribution in [0, 0.1) is 0 Å². The predicted octanol–water partition coefficient (Wildman–Crippen LogP) is 2.44. The van der Waals surface area contributed by atoms with E-state index in [-0.39, 0.29) is 11.8 Å². The van der Waals surface area contributed by atoms with Crippen molar-refractivity contribution >= 4 is 17.5 Å². The van der Waals surface area contributed by atoms with Gasteiger partial charge in [0.2, 0.25) is 5.91 Å². The van der Waals surface area contributed by atoms with Crippen molar-refractivity contribution < 1.29 is 9.59 Å². The normalized spacial score (nSPS) is 13.1. The number of hydrogen-bond donors (Lipinski definition) is 1. The van der Waals surface area contributed by atoms with Crippen LogP contribution in [-0.4, -0.2) is 30.3 Å². The van der Waals surface area contributed by atoms with E-state index in [0.717, 1.165) is 37.1 Å². The molecule has 0 unspecified atom stereocenters. The monoisotopic (exact) mass is 260 g/mol. The zero-order valence-electron chi connectivity index (χ0n) is 11.5. The number of nitrogens with one attached hydrogen (secondary N) is 1. The van der Waals surface area contributed by atoms with E-state index >= 15 is 0 Å². The first-order valence-electron chi connectivity index (χ1n) is 6.80. The van der Waals surface area contributed by atoms with E-state index in [1.807, 2.05) is 19.2 Å². The van der Waals surface area contributed by atoms with E-state index in [4.69, 9.17) is 0 Å². The fraction of sp³-hybridized carbons (Fsp3) is 0.467. The van der Waals surface area contributed by atoms with Crippen LogP contribution in [0.5, 0.6) is 0 Å². The smallest absolute Gasteiger partial charge is 0.253 e. The molecule has 2 rings (SSSR count). The van der Waals surface area contributed by atoms with Crippen molar-refractivity contribution in [3.63, 3.8) is 0 Å². The summed E-state index contributed by atoms with van der Waals surface area (Å²) in [6.07, 6.45) is 3.69. The number of carbonyl (C=O) groups is 2. The topological polar surface area (TPSA) is 49.4 Å². The van der Waals surface area contributed by atoms with E-state index in [9.17, 15) is 9.59 Å². The molecule has 1 N–H and O–H groups in total. The van der Waals surface area contributed by atoms with Gasteiger partial charge in [-0.1, -0.05) is 19.8 Å². The molecule has 0 aliphatic carbocycles. The number of rotatable bonds is 5. The molecular formula is C15H20N2O2. The van der Waals surface area contributed by atoms with Gasteiger partial charge in [-0.2, -0.15) is 0 Å². The van der Waals surface area contributed by atoms with Gasteiger partial charge in [-0.25, -0.2) is 0 Å². The number of hydrogen-bond acceptors (Lipinski definition) is 2. The minimum atomic E-state index is -0.00380. The SMILES string of the molecule is CCCCCN(C)C(=O)c1ccc2c(c1)CC(=O)N2. The van der Waals surface area contributed by atoms with Crippen LogP contribution in [0.4, 0.5) is 5.69 Å². The van der Waals surface area contributed by atoms with Crippen molar-refractivity contribution in [1.82, 2.24) is 4.90 Å². The molecule has 1 aromatic carbocycles. The Hall–Kier alpha value is -1.84. The molecule has 0 saturated heterocycles. The van der Waals surface area contributed by atoms with Gasteiger partial charge < -0.3 is 10.2 Å². The molecule has 4 nitrogen and oxygen atoms in total. The molecular weight excluding hydrogens is 240 g/mol. The van der Waals surface area contributed by atoms with E-state index in [2.05, 4.69) is 12.2 Å². The average Bonchev–Trinajstić information content (AvgIpc) is 2.77.